The van der Waals surface area contributed by atoms with Crippen LogP contribution in [0.4, 0.5) is 0 Å². The first kappa shape index (κ1) is 11.0. The lowest BCUT2D eigenvalue weighted by Crippen LogP contribution is -2.28. The van der Waals surface area contributed by atoms with Crippen LogP contribution in [0.2, 0.25) is 0 Å². The first-order chi connectivity index (χ1) is 8.20. The Kier molecular flexibility index (Phi) is 2.97. The molecule has 17 heavy (non-hydrogen) atoms. The molecule has 0 bridgehead atoms. The van der Waals surface area contributed by atoms with E-state index < -0.39 is 0 Å². The molecule has 5 heteroatoms. The molecule has 0 saturated carbocycles. The highest BCUT2D eigenvalue weighted by Crippen LogP contribution is 1.94. The third kappa shape index (κ3) is 2.37. The highest BCUT2D eigenvalue weighted by atomic mass is 16.2. The predicted octanol–water partition coefficient (Wildman–Crippen LogP) is -0.730. The van der Waals surface area contributed by atoms with E-state index in [1.807, 2.05) is 6.07 Å². The maximum Gasteiger partial charge on any atom is 0.270 e. The molecule has 1 aromatic carbocycles. The van der Waals surface area contributed by atoms with E-state index in [1.165, 1.54) is 6.08 Å². The lowest BCUT2D eigenvalue weighted by Gasteiger charge is -2.01. The number of carbonyl (C=O) groups excluding carboxylic acids is 2. The molecule has 2 rings (SSSR count). The SMILES string of the molecule is N#CCCNC(=O)c1ccc2c(c1)=CC(=O)N=2. The first-order valence-electron chi connectivity index (χ1n) is 5.10. The van der Waals surface area contributed by atoms with Gasteiger partial charge in [0.25, 0.3) is 11.8 Å². The quantitative estimate of drug-likeness (QED) is 0.691. The highest BCUT2D eigenvalue weighted by Gasteiger charge is 2.08. The van der Waals surface area contributed by atoms with Crippen LogP contribution in [-0.4, -0.2) is 18.4 Å². The van der Waals surface area contributed by atoms with Gasteiger partial charge in [-0.1, -0.05) is 0 Å². The third-order valence-corrected chi connectivity index (χ3v) is 2.32. The van der Waals surface area contributed by atoms with E-state index in [-0.39, 0.29) is 18.2 Å². The van der Waals surface area contributed by atoms with Crippen molar-refractivity contribution in [2.75, 3.05) is 6.54 Å². The number of nitrogens with zero attached hydrogens (tertiary/aromatic N) is 2. The van der Waals surface area contributed by atoms with Gasteiger partial charge in [-0.15, -0.1) is 0 Å². The van der Waals surface area contributed by atoms with Crippen molar-refractivity contribution < 1.29 is 9.59 Å². The minimum absolute atomic E-state index is 0.254. The lowest BCUT2D eigenvalue weighted by atomic mass is 10.1. The number of rotatable bonds is 3. The minimum atomic E-state index is -0.304. The zero-order valence-electron chi connectivity index (χ0n) is 8.93. The van der Waals surface area contributed by atoms with Crippen LogP contribution >= 0.6 is 0 Å². The number of hydrogen-bond acceptors (Lipinski definition) is 3. The van der Waals surface area contributed by atoms with Crippen molar-refractivity contribution in [3.8, 4) is 6.07 Å². The summed E-state index contributed by atoms with van der Waals surface area (Å²) in [7, 11) is 0. The van der Waals surface area contributed by atoms with Crippen LogP contribution in [-0.2, 0) is 4.79 Å². The van der Waals surface area contributed by atoms with Gasteiger partial charge in [-0.3, -0.25) is 9.59 Å². The molecule has 1 N–H and O–H groups in total. The number of carbonyl (C=O) groups is 2. The van der Waals surface area contributed by atoms with Crippen molar-refractivity contribution in [3.63, 3.8) is 0 Å². The topological polar surface area (TPSA) is 82.3 Å². The summed E-state index contributed by atoms with van der Waals surface area (Å²) in [6, 6.07) is 6.80. The molecule has 0 radical (unpaired) electrons. The smallest absolute Gasteiger partial charge is 0.270 e. The zero-order chi connectivity index (χ0) is 12.3. The van der Waals surface area contributed by atoms with Crippen LogP contribution in [0.1, 0.15) is 16.8 Å². The maximum atomic E-state index is 11.7. The predicted molar refractivity (Wildman–Crippen MR) is 59.3 cm³/mol. The van der Waals surface area contributed by atoms with Crippen molar-refractivity contribution in [1.82, 2.24) is 5.32 Å². The summed E-state index contributed by atoms with van der Waals surface area (Å²) in [4.78, 5) is 26.4. The number of hydrogen-bond donors (Lipinski definition) is 1. The summed E-state index contributed by atoms with van der Waals surface area (Å²) in [6.45, 7) is 0.319. The molecular weight excluding hydrogens is 218 g/mol. The molecule has 0 atom stereocenters. The molecule has 0 aromatic heterocycles. The van der Waals surface area contributed by atoms with E-state index >= 15 is 0 Å². The zero-order valence-corrected chi connectivity index (χ0v) is 8.93. The van der Waals surface area contributed by atoms with Crippen molar-refractivity contribution in [2.45, 2.75) is 6.42 Å². The Morgan fingerprint density at radius 3 is 3.06 bits per heavy atom. The van der Waals surface area contributed by atoms with E-state index in [9.17, 15) is 9.59 Å². The highest BCUT2D eigenvalue weighted by molar-refractivity contribution is 6.06. The Labute approximate surface area is 97.1 Å². The standard InChI is InChI=1S/C12H9N3O2/c13-4-1-5-14-12(17)8-2-3-10-9(6-8)7-11(16)15-10/h2-3,6-7H,1,5H2,(H,14,17). The molecule has 2 amide bonds. The Hall–Kier alpha value is -2.48. The van der Waals surface area contributed by atoms with E-state index in [2.05, 4.69) is 10.3 Å². The van der Waals surface area contributed by atoms with Gasteiger partial charge in [-0.25, -0.2) is 4.99 Å². The monoisotopic (exact) mass is 227 g/mol. The molecule has 1 aliphatic rings. The number of amides is 2. The molecule has 0 saturated heterocycles. The van der Waals surface area contributed by atoms with Crippen molar-refractivity contribution >= 4 is 17.9 Å². The average molecular weight is 227 g/mol. The average Bonchev–Trinajstić information content (AvgIpc) is 2.68. The van der Waals surface area contributed by atoms with Crippen molar-refractivity contribution in [2.24, 2.45) is 4.99 Å². The number of nitriles is 1. The van der Waals surface area contributed by atoms with E-state index in [0.717, 1.165) is 0 Å². The van der Waals surface area contributed by atoms with Gasteiger partial charge in [-0.05, 0) is 18.2 Å². The Morgan fingerprint density at radius 1 is 1.47 bits per heavy atom. The second-order valence-electron chi connectivity index (χ2n) is 3.53. The van der Waals surface area contributed by atoms with Crippen LogP contribution in [0.25, 0.3) is 6.08 Å². The summed E-state index contributed by atoms with van der Waals surface area (Å²) in [5.74, 6) is -0.558. The van der Waals surface area contributed by atoms with Gasteiger partial charge in [0, 0.05) is 23.4 Å². The molecule has 0 fully saturated rings. The molecule has 84 valence electrons. The molecule has 0 spiro atoms. The van der Waals surface area contributed by atoms with E-state index in [0.29, 0.717) is 22.7 Å². The van der Waals surface area contributed by atoms with E-state index in [1.54, 1.807) is 18.2 Å². The van der Waals surface area contributed by atoms with Crippen LogP contribution in [0.3, 0.4) is 0 Å². The van der Waals surface area contributed by atoms with Crippen LogP contribution in [0.5, 0.6) is 0 Å². The largest absolute Gasteiger partial charge is 0.351 e. The molecule has 1 aliphatic heterocycles. The fraction of sp³-hybridized carbons (Fsp3) is 0.167. The van der Waals surface area contributed by atoms with Gasteiger partial charge in [0.15, 0.2) is 0 Å². The second-order valence-corrected chi connectivity index (χ2v) is 3.53. The van der Waals surface area contributed by atoms with Gasteiger partial charge >= 0.3 is 0 Å². The maximum absolute atomic E-state index is 11.7. The molecule has 1 aromatic rings. The lowest BCUT2D eigenvalue weighted by molar-refractivity contribution is -0.112. The summed E-state index contributed by atoms with van der Waals surface area (Å²) in [5.41, 5.74) is 0.461. The summed E-state index contributed by atoms with van der Waals surface area (Å²) in [6.07, 6.45) is 1.66. The van der Waals surface area contributed by atoms with Gasteiger partial charge in [0.1, 0.15) is 0 Å². The summed E-state index contributed by atoms with van der Waals surface area (Å²) in [5, 5.41) is 12.2. The fourth-order valence-electron chi connectivity index (χ4n) is 1.53. The first-order valence-corrected chi connectivity index (χ1v) is 5.10. The second kappa shape index (κ2) is 4.58. The van der Waals surface area contributed by atoms with Crippen LogP contribution < -0.4 is 15.9 Å². The Balaban J connectivity index is 2.20. The minimum Gasteiger partial charge on any atom is -0.351 e. The van der Waals surface area contributed by atoms with Gasteiger partial charge in [0.2, 0.25) is 0 Å². The third-order valence-electron chi connectivity index (χ3n) is 2.32. The van der Waals surface area contributed by atoms with Gasteiger partial charge in [0.05, 0.1) is 17.8 Å². The molecular formula is C12H9N3O2. The number of nitrogens with one attached hydrogen (secondary N) is 1. The molecule has 0 unspecified atom stereocenters. The van der Waals surface area contributed by atoms with E-state index in [4.69, 9.17) is 5.26 Å². The van der Waals surface area contributed by atoms with Crippen LogP contribution in [0.15, 0.2) is 23.2 Å². The number of benzene rings is 1. The van der Waals surface area contributed by atoms with Crippen molar-refractivity contribution in [3.05, 3.63) is 34.3 Å². The normalized spacial score (nSPS) is 12.1. The molecule has 0 aliphatic carbocycles. The van der Waals surface area contributed by atoms with Gasteiger partial charge in [-0.2, -0.15) is 5.26 Å². The Bertz CT molecular complexity index is 641. The Morgan fingerprint density at radius 2 is 2.29 bits per heavy atom. The van der Waals surface area contributed by atoms with Gasteiger partial charge < -0.3 is 5.32 Å². The molecule has 1 heterocycles. The van der Waals surface area contributed by atoms with Crippen molar-refractivity contribution in [1.29, 1.82) is 5.26 Å². The fourth-order valence-corrected chi connectivity index (χ4v) is 1.53. The van der Waals surface area contributed by atoms with Crippen LogP contribution in [0, 0.1) is 11.3 Å². The summed E-state index contributed by atoms with van der Waals surface area (Å²) >= 11 is 0. The molecule has 5 nitrogen and oxygen atoms in total. The summed E-state index contributed by atoms with van der Waals surface area (Å²) < 4.78 is 0. The number of fused-ring (bicyclic) bond motifs is 1.